The Morgan fingerprint density at radius 2 is 1.78 bits per heavy atom. The van der Waals surface area contributed by atoms with Gasteiger partial charge in [-0.2, -0.15) is 0 Å². The number of hydrogen-bond acceptors (Lipinski definition) is 4. The average Bonchev–Trinajstić information content (AvgIpc) is 2.51. The molecule has 0 aliphatic rings. The monoisotopic (exact) mass is 334 g/mol. The summed E-state index contributed by atoms with van der Waals surface area (Å²) >= 11 is 0. The molecule has 0 radical (unpaired) electrons. The van der Waals surface area contributed by atoms with Crippen LogP contribution in [0, 0.1) is 0 Å². The normalized spacial score (nSPS) is 11.2. The molecule has 0 bridgehead atoms. The number of sulfonamides is 1. The van der Waals surface area contributed by atoms with Gasteiger partial charge in [0.25, 0.3) is 0 Å². The molecule has 23 heavy (non-hydrogen) atoms. The van der Waals surface area contributed by atoms with Crippen LogP contribution in [-0.4, -0.2) is 27.9 Å². The van der Waals surface area contributed by atoms with E-state index in [1.807, 2.05) is 36.4 Å². The minimum atomic E-state index is -3.34. The molecule has 6 heteroatoms. The number of benzene rings is 2. The van der Waals surface area contributed by atoms with Crippen LogP contribution < -0.4 is 14.8 Å². The van der Waals surface area contributed by atoms with Crippen LogP contribution in [0.1, 0.15) is 13.3 Å². The fraction of sp³-hybridized carbons (Fsp3) is 0.294. The van der Waals surface area contributed by atoms with E-state index in [0.29, 0.717) is 18.2 Å². The minimum absolute atomic E-state index is 0.379. The summed E-state index contributed by atoms with van der Waals surface area (Å²) < 4.78 is 31.2. The quantitative estimate of drug-likeness (QED) is 0.575. The Hall–Kier alpha value is -2.05. The predicted octanol–water partition coefficient (Wildman–Crippen LogP) is 3.06. The molecule has 0 saturated carbocycles. The summed E-state index contributed by atoms with van der Waals surface area (Å²) in [6.07, 6.45) is 2.15. The number of rotatable bonds is 8. The molecule has 0 atom stereocenters. The topological polar surface area (TPSA) is 67.4 Å². The molecule has 0 saturated heterocycles. The molecule has 2 rings (SSSR count). The smallest absolute Gasteiger partial charge is 0.229 e. The summed E-state index contributed by atoms with van der Waals surface area (Å²) in [5.41, 5.74) is 2.38. The molecule has 0 heterocycles. The Kier molecular flexibility index (Phi) is 6.01. The average molecular weight is 334 g/mol. The first kappa shape index (κ1) is 17.3. The number of anilines is 1. The van der Waals surface area contributed by atoms with E-state index in [-0.39, 0.29) is 0 Å². The van der Waals surface area contributed by atoms with Crippen molar-refractivity contribution in [3.63, 3.8) is 0 Å². The zero-order valence-electron chi connectivity index (χ0n) is 13.4. The fourth-order valence-electron chi connectivity index (χ4n) is 2.14. The molecule has 0 aliphatic heterocycles. The van der Waals surface area contributed by atoms with Crippen LogP contribution in [0.3, 0.4) is 0 Å². The summed E-state index contributed by atoms with van der Waals surface area (Å²) in [5, 5.41) is 3.15. The molecular weight excluding hydrogens is 312 g/mol. The molecule has 124 valence electrons. The van der Waals surface area contributed by atoms with E-state index in [0.717, 1.165) is 30.3 Å². The molecule has 0 fully saturated rings. The van der Waals surface area contributed by atoms with Crippen molar-refractivity contribution in [2.24, 2.45) is 0 Å². The van der Waals surface area contributed by atoms with E-state index >= 15 is 0 Å². The van der Waals surface area contributed by atoms with Crippen molar-refractivity contribution >= 4 is 15.7 Å². The highest BCUT2D eigenvalue weighted by Gasteiger charge is 2.08. The first-order chi connectivity index (χ1) is 11.0. The van der Waals surface area contributed by atoms with Crippen LogP contribution in [0.4, 0.5) is 5.69 Å². The summed E-state index contributed by atoms with van der Waals surface area (Å²) in [6, 6.07) is 15.1. The van der Waals surface area contributed by atoms with E-state index in [9.17, 15) is 8.42 Å². The van der Waals surface area contributed by atoms with Crippen molar-refractivity contribution in [1.29, 1.82) is 0 Å². The zero-order chi connectivity index (χ0) is 16.7. The van der Waals surface area contributed by atoms with Crippen molar-refractivity contribution in [2.45, 2.75) is 13.3 Å². The number of nitrogens with one attached hydrogen (secondary N) is 2. The van der Waals surface area contributed by atoms with Gasteiger partial charge in [-0.25, -0.2) is 8.42 Å². The van der Waals surface area contributed by atoms with Gasteiger partial charge in [-0.15, -0.1) is 0 Å². The van der Waals surface area contributed by atoms with Gasteiger partial charge >= 0.3 is 0 Å². The first-order valence-corrected chi connectivity index (χ1v) is 9.39. The lowest BCUT2D eigenvalue weighted by atomic mass is 10.0. The van der Waals surface area contributed by atoms with Crippen molar-refractivity contribution in [3.05, 3.63) is 48.5 Å². The van der Waals surface area contributed by atoms with E-state index < -0.39 is 10.0 Å². The molecule has 0 aliphatic carbocycles. The van der Waals surface area contributed by atoms with Gasteiger partial charge in [-0.3, -0.25) is 10.0 Å². The van der Waals surface area contributed by atoms with Gasteiger partial charge in [-0.05, 0) is 36.2 Å². The second kappa shape index (κ2) is 7.99. The fourth-order valence-corrected chi connectivity index (χ4v) is 2.68. The van der Waals surface area contributed by atoms with Crippen molar-refractivity contribution in [3.8, 4) is 16.9 Å². The Labute approximate surface area is 137 Å². The molecule has 2 aromatic carbocycles. The SMILES string of the molecule is CCCNCOc1cc(NS(C)(=O)=O)cc(-c2ccccc2)c1. The summed E-state index contributed by atoms with van der Waals surface area (Å²) in [5.74, 6) is 0.612. The van der Waals surface area contributed by atoms with Crippen molar-refractivity contribution < 1.29 is 13.2 Å². The van der Waals surface area contributed by atoms with Gasteiger partial charge in [0.2, 0.25) is 10.0 Å². The summed E-state index contributed by atoms with van der Waals surface area (Å²) in [7, 11) is -3.34. The third-order valence-corrected chi connectivity index (χ3v) is 3.69. The highest BCUT2D eigenvalue weighted by Crippen LogP contribution is 2.29. The maximum atomic E-state index is 11.5. The van der Waals surface area contributed by atoms with Crippen LogP contribution >= 0.6 is 0 Å². The Balaban J connectivity index is 2.28. The Morgan fingerprint density at radius 3 is 2.43 bits per heavy atom. The second-order valence-electron chi connectivity index (χ2n) is 5.27. The summed E-state index contributed by atoms with van der Waals surface area (Å²) in [4.78, 5) is 0. The summed E-state index contributed by atoms with van der Waals surface area (Å²) in [6.45, 7) is 3.33. The third-order valence-electron chi connectivity index (χ3n) is 3.08. The maximum absolute atomic E-state index is 11.5. The third kappa shape index (κ3) is 5.92. The number of hydrogen-bond donors (Lipinski definition) is 2. The molecule has 0 amide bonds. The lowest BCUT2D eigenvalue weighted by Crippen LogP contribution is -2.20. The van der Waals surface area contributed by atoms with Crippen molar-refractivity contribution in [1.82, 2.24) is 5.32 Å². The highest BCUT2D eigenvalue weighted by molar-refractivity contribution is 7.92. The Bertz CT molecular complexity index is 731. The predicted molar refractivity (Wildman–Crippen MR) is 94.1 cm³/mol. The van der Waals surface area contributed by atoms with Gasteiger partial charge in [0, 0.05) is 6.07 Å². The molecule has 2 aromatic rings. The van der Waals surface area contributed by atoms with Crippen molar-refractivity contribution in [2.75, 3.05) is 24.3 Å². The second-order valence-corrected chi connectivity index (χ2v) is 7.02. The molecule has 0 unspecified atom stereocenters. The molecular formula is C17H22N2O3S. The lowest BCUT2D eigenvalue weighted by molar-refractivity contribution is 0.284. The minimum Gasteiger partial charge on any atom is -0.478 e. The van der Waals surface area contributed by atoms with Gasteiger partial charge < -0.3 is 4.74 Å². The van der Waals surface area contributed by atoms with Gasteiger partial charge in [0.05, 0.1) is 11.9 Å². The molecule has 5 nitrogen and oxygen atoms in total. The highest BCUT2D eigenvalue weighted by atomic mass is 32.2. The van der Waals surface area contributed by atoms with E-state index in [2.05, 4.69) is 17.0 Å². The van der Waals surface area contributed by atoms with Gasteiger partial charge in [-0.1, -0.05) is 37.3 Å². The van der Waals surface area contributed by atoms with Crippen LogP contribution in [0.25, 0.3) is 11.1 Å². The Morgan fingerprint density at radius 1 is 1.04 bits per heavy atom. The zero-order valence-corrected chi connectivity index (χ0v) is 14.2. The van der Waals surface area contributed by atoms with Gasteiger partial charge in [0.1, 0.15) is 12.5 Å². The standard InChI is InChI=1S/C17H22N2O3S/c1-3-9-18-13-22-17-11-15(14-7-5-4-6-8-14)10-16(12-17)19-23(2,20)21/h4-8,10-12,18-19H,3,9,13H2,1-2H3. The first-order valence-electron chi connectivity index (χ1n) is 7.50. The van der Waals surface area contributed by atoms with Crippen LogP contribution in [-0.2, 0) is 10.0 Å². The van der Waals surface area contributed by atoms with Crippen LogP contribution in [0.15, 0.2) is 48.5 Å². The van der Waals surface area contributed by atoms with Gasteiger partial charge in [0.15, 0.2) is 0 Å². The molecule has 0 aromatic heterocycles. The van der Waals surface area contributed by atoms with E-state index in [1.165, 1.54) is 0 Å². The van der Waals surface area contributed by atoms with E-state index in [4.69, 9.17) is 4.74 Å². The van der Waals surface area contributed by atoms with E-state index in [1.54, 1.807) is 12.1 Å². The number of ether oxygens (including phenoxy) is 1. The molecule has 2 N–H and O–H groups in total. The van der Waals surface area contributed by atoms with Crippen LogP contribution in [0.5, 0.6) is 5.75 Å². The maximum Gasteiger partial charge on any atom is 0.229 e. The lowest BCUT2D eigenvalue weighted by Gasteiger charge is -2.12. The molecule has 0 spiro atoms. The largest absolute Gasteiger partial charge is 0.478 e. The van der Waals surface area contributed by atoms with Crippen LogP contribution in [0.2, 0.25) is 0 Å².